The molecule has 0 aliphatic rings. The molecule has 0 amide bonds. The molecule has 2 rings (SSSR count). The van der Waals surface area contributed by atoms with Crippen LogP contribution in [0.25, 0.3) is 0 Å². The van der Waals surface area contributed by atoms with Crippen molar-refractivity contribution in [3.05, 3.63) is 54.4 Å². The van der Waals surface area contributed by atoms with Crippen molar-refractivity contribution in [2.75, 3.05) is 0 Å². The Bertz CT molecular complexity index is 537. The molecule has 0 N–H and O–H groups in total. The Hall–Kier alpha value is 0.390. The molecule has 1 aromatic carbocycles. The number of thiophene rings is 1. The molecule has 1 unspecified atom stereocenters. The number of rotatable bonds is 2. The highest BCUT2D eigenvalue weighted by Gasteiger charge is 2.17. The predicted octanol–water partition coefficient (Wildman–Crippen LogP) is 6.44. The lowest BCUT2D eigenvalue weighted by Gasteiger charge is -2.09. The van der Waals surface area contributed by atoms with E-state index in [9.17, 15) is 4.39 Å². The first-order valence-corrected chi connectivity index (χ1v) is 7.81. The zero-order valence-corrected chi connectivity index (χ0v) is 13.7. The summed E-state index contributed by atoms with van der Waals surface area (Å²) >= 11 is 20.3. The molecule has 0 saturated heterocycles. The Morgan fingerprint density at radius 3 is 2.47 bits per heavy atom. The molecule has 2 aromatic rings. The summed E-state index contributed by atoms with van der Waals surface area (Å²) in [6, 6.07) is 6.28. The molecule has 1 aromatic heterocycles. The van der Waals surface area contributed by atoms with Gasteiger partial charge in [0.1, 0.15) is 10.2 Å². The summed E-state index contributed by atoms with van der Waals surface area (Å²) in [4.78, 5) is 0.916. The summed E-state index contributed by atoms with van der Waals surface area (Å²) in [6.45, 7) is 0. The Morgan fingerprint density at radius 1 is 1.24 bits per heavy atom. The standard InChI is InChI=1S/C11H5Br2Cl2FS/c12-7-4-9(17-11(7)15)10(13)6-2-1-5(16)3-8(6)14/h1-4,10H. The molecule has 6 heteroatoms. The van der Waals surface area contributed by atoms with Gasteiger partial charge in [-0.25, -0.2) is 4.39 Å². The topological polar surface area (TPSA) is 0 Å². The fourth-order valence-electron chi connectivity index (χ4n) is 1.35. The van der Waals surface area contributed by atoms with Crippen molar-refractivity contribution in [3.8, 4) is 0 Å². The molecule has 90 valence electrons. The maximum atomic E-state index is 13.0. The van der Waals surface area contributed by atoms with Gasteiger partial charge in [-0.1, -0.05) is 45.2 Å². The fourth-order valence-corrected chi connectivity index (χ4v) is 4.30. The van der Waals surface area contributed by atoms with Gasteiger partial charge >= 0.3 is 0 Å². The quantitative estimate of drug-likeness (QED) is 0.492. The second kappa shape index (κ2) is 5.57. The van der Waals surface area contributed by atoms with E-state index in [0.717, 1.165) is 14.9 Å². The summed E-state index contributed by atoms with van der Waals surface area (Å²) in [5.41, 5.74) is 0.818. The second-order valence-corrected chi connectivity index (χ2v) is 7.16. The van der Waals surface area contributed by atoms with Crippen LogP contribution in [-0.2, 0) is 0 Å². The van der Waals surface area contributed by atoms with Crippen molar-refractivity contribution in [2.24, 2.45) is 0 Å². The highest BCUT2D eigenvalue weighted by Crippen LogP contribution is 2.42. The molecule has 0 radical (unpaired) electrons. The van der Waals surface area contributed by atoms with Crippen LogP contribution < -0.4 is 0 Å². The molecule has 0 saturated carbocycles. The highest BCUT2D eigenvalue weighted by atomic mass is 79.9. The number of hydrogen-bond donors (Lipinski definition) is 0. The van der Waals surface area contributed by atoms with Gasteiger partial charge < -0.3 is 0 Å². The first kappa shape index (κ1) is 13.8. The van der Waals surface area contributed by atoms with E-state index in [0.29, 0.717) is 9.36 Å². The lowest BCUT2D eigenvalue weighted by atomic mass is 10.1. The van der Waals surface area contributed by atoms with Gasteiger partial charge in [0.25, 0.3) is 0 Å². The van der Waals surface area contributed by atoms with E-state index in [1.807, 2.05) is 6.07 Å². The van der Waals surface area contributed by atoms with Gasteiger partial charge in [0, 0.05) is 14.4 Å². The number of hydrogen-bond acceptors (Lipinski definition) is 1. The largest absolute Gasteiger partial charge is 0.207 e. The predicted molar refractivity (Wildman–Crippen MR) is 79.2 cm³/mol. The third-order valence-corrected chi connectivity index (χ3v) is 6.31. The molecular formula is C11H5Br2Cl2FS. The van der Waals surface area contributed by atoms with Crippen LogP contribution in [-0.4, -0.2) is 0 Å². The van der Waals surface area contributed by atoms with Crippen molar-refractivity contribution in [3.63, 3.8) is 0 Å². The molecule has 0 nitrogen and oxygen atoms in total. The molecule has 0 spiro atoms. The zero-order chi connectivity index (χ0) is 12.6. The average Bonchev–Trinajstić information content (AvgIpc) is 2.58. The van der Waals surface area contributed by atoms with Crippen LogP contribution in [0.1, 0.15) is 15.3 Å². The van der Waals surface area contributed by atoms with Gasteiger partial charge in [0.05, 0.1) is 4.83 Å². The van der Waals surface area contributed by atoms with Crippen LogP contribution in [0.3, 0.4) is 0 Å². The van der Waals surface area contributed by atoms with Crippen LogP contribution >= 0.6 is 66.4 Å². The van der Waals surface area contributed by atoms with Crippen molar-refractivity contribution < 1.29 is 4.39 Å². The Morgan fingerprint density at radius 2 is 1.94 bits per heavy atom. The lowest BCUT2D eigenvalue weighted by molar-refractivity contribution is 0.627. The number of alkyl halides is 1. The molecule has 0 fully saturated rings. The minimum Gasteiger partial charge on any atom is -0.207 e. The number of halogens is 5. The van der Waals surface area contributed by atoms with Gasteiger partial charge in [0.2, 0.25) is 0 Å². The molecule has 1 atom stereocenters. The third kappa shape index (κ3) is 3.04. The van der Waals surface area contributed by atoms with E-state index in [1.54, 1.807) is 6.07 Å². The normalized spacial score (nSPS) is 12.8. The SMILES string of the molecule is Fc1ccc(C(Br)c2cc(Br)c(Cl)s2)c(Cl)c1. The first-order chi connectivity index (χ1) is 7.99. The van der Waals surface area contributed by atoms with Crippen LogP contribution in [0.5, 0.6) is 0 Å². The maximum Gasteiger partial charge on any atom is 0.124 e. The molecular weight excluding hydrogens is 414 g/mol. The van der Waals surface area contributed by atoms with Crippen LogP contribution in [0.2, 0.25) is 9.36 Å². The summed E-state index contributed by atoms with van der Waals surface area (Å²) in [6.07, 6.45) is 0. The summed E-state index contributed by atoms with van der Waals surface area (Å²) < 4.78 is 14.5. The van der Waals surface area contributed by atoms with E-state index >= 15 is 0 Å². The molecule has 0 bridgehead atoms. The van der Waals surface area contributed by atoms with E-state index in [1.165, 1.54) is 23.5 Å². The minimum atomic E-state index is -0.344. The van der Waals surface area contributed by atoms with E-state index in [4.69, 9.17) is 23.2 Å². The van der Waals surface area contributed by atoms with Crippen molar-refractivity contribution in [1.82, 2.24) is 0 Å². The molecule has 17 heavy (non-hydrogen) atoms. The van der Waals surface area contributed by atoms with Gasteiger partial charge in [-0.2, -0.15) is 0 Å². The minimum absolute atomic E-state index is 0.0931. The van der Waals surface area contributed by atoms with Gasteiger partial charge in [-0.3, -0.25) is 0 Å². The maximum absolute atomic E-state index is 13.0. The molecule has 0 aliphatic heterocycles. The second-order valence-electron chi connectivity index (χ2n) is 3.30. The van der Waals surface area contributed by atoms with Crippen molar-refractivity contribution in [1.29, 1.82) is 0 Å². The van der Waals surface area contributed by atoms with Crippen LogP contribution in [0, 0.1) is 5.82 Å². The molecule has 1 heterocycles. The van der Waals surface area contributed by atoms with Crippen LogP contribution in [0.15, 0.2) is 28.7 Å². The average molecular weight is 419 g/mol. The Labute approximate surface area is 129 Å². The summed E-state index contributed by atoms with van der Waals surface area (Å²) in [5.74, 6) is -0.344. The van der Waals surface area contributed by atoms with Crippen molar-refractivity contribution >= 4 is 66.4 Å². The summed E-state index contributed by atoms with van der Waals surface area (Å²) in [7, 11) is 0. The van der Waals surface area contributed by atoms with E-state index < -0.39 is 0 Å². The zero-order valence-electron chi connectivity index (χ0n) is 8.18. The Balaban J connectivity index is 2.39. The summed E-state index contributed by atoms with van der Waals surface area (Å²) in [5, 5.41) is 0.396. The van der Waals surface area contributed by atoms with Gasteiger partial charge in [-0.15, -0.1) is 11.3 Å². The van der Waals surface area contributed by atoms with E-state index in [2.05, 4.69) is 31.9 Å². The fraction of sp³-hybridized carbons (Fsp3) is 0.0909. The third-order valence-electron chi connectivity index (χ3n) is 2.15. The lowest BCUT2D eigenvalue weighted by Crippen LogP contribution is -1.91. The number of benzene rings is 1. The molecule has 0 aliphatic carbocycles. The van der Waals surface area contributed by atoms with Gasteiger partial charge in [-0.05, 0) is 39.7 Å². The van der Waals surface area contributed by atoms with Crippen LogP contribution in [0.4, 0.5) is 4.39 Å². The van der Waals surface area contributed by atoms with E-state index in [-0.39, 0.29) is 10.6 Å². The van der Waals surface area contributed by atoms with Crippen molar-refractivity contribution in [2.45, 2.75) is 4.83 Å². The first-order valence-electron chi connectivity index (χ1n) is 4.53. The Kier molecular flexibility index (Phi) is 4.53. The highest BCUT2D eigenvalue weighted by molar-refractivity contribution is 9.10. The monoisotopic (exact) mass is 416 g/mol. The van der Waals surface area contributed by atoms with Gasteiger partial charge in [0.15, 0.2) is 0 Å². The smallest absolute Gasteiger partial charge is 0.124 e.